The van der Waals surface area contributed by atoms with E-state index in [0.29, 0.717) is 4.68 Å². The number of nitrogens with zero attached hydrogens (tertiary/aromatic N) is 5. The molecular weight excluding hydrogens is 475 g/mol. The summed E-state index contributed by atoms with van der Waals surface area (Å²) in [5.41, 5.74) is -0.00588. The molecule has 4 rings (SSSR count). The molecule has 0 atom stereocenters. The number of aromatic nitrogens is 5. The predicted molar refractivity (Wildman–Crippen MR) is 105 cm³/mol. The van der Waals surface area contributed by atoms with Crippen LogP contribution in [0, 0.1) is 11.7 Å². The summed E-state index contributed by atoms with van der Waals surface area (Å²) >= 11 is 0.200. The molecule has 1 amide bonds. The Bertz CT molecular complexity index is 1300. The number of amides is 1. The van der Waals surface area contributed by atoms with Crippen molar-refractivity contribution < 1.29 is 45.1 Å². The number of hydrogen-bond donors (Lipinski definition) is 2. The van der Waals surface area contributed by atoms with E-state index in [-0.39, 0.29) is 70.5 Å². The van der Waals surface area contributed by atoms with E-state index in [4.69, 9.17) is 12.4 Å². The van der Waals surface area contributed by atoms with Crippen LogP contribution in [0.2, 0.25) is 0 Å². The Balaban J connectivity index is 1.75. The molecule has 0 spiro atoms. The molecule has 3 aromatic rings. The van der Waals surface area contributed by atoms with Gasteiger partial charge in [0.1, 0.15) is 0 Å². The summed E-state index contributed by atoms with van der Waals surface area (Å²) in [7, 11) is 1.32. The average molecular weight is 495 g/mol. The number of anilines is 3. The van der Waals surface area contributed by atoms with Gasteiger partial charge in [-0.25, -0.2) is 0 Å². The number of carbonyl (C=O) groups is 2. The van der Waals surface area contributed by atoms with Crippen LogP contribution < -0.4 is 15.4 Å². The number of carbonyl (C=O) groups excluding carboxylic acids is 2. The van der Waals surface area contributed by atoms with Crippen LogP contribution in [0.1, 0.15) is 27.4 Å². The van der Waals surface area contributed by atoms with Gasteiger partial charge in [-0.1, -0.05) is 0 Å². The van der Waals surface area contributed by atoms with Gasteiger partial charge in [0, 0.05) is 4.11 Å². The third kappa shape index (κ3) is 4.57. The first-order valence-electron chi connectivity index (χ1n) is 10.8. The number of nitrogens with one attached hydrogen (secondary N) is 2. The van der Waals surface area contributed by atoms with E-state index >= 15 is 0 Å². The van der Waals surface area contributed by atoms with Crippen LogP contribution in [0.5, 0.6) is 5.75 Å². The second-order valence-corrected chi connectivity index (χ2v) is 7.46. The number of benzene rings is 1. The number of hydrogen-bond acceptors (Lipinski definition) is 9. The zero-order chi connectivity index (χ0) is 25.3. The van der Waals surface area contributed by atoms with Gasteiger partial charge in [0.05, 0.1) is 0 Å². The first-order valence-corrected chi connectivity index (χ1v) is 10.5. The summed E-state index contributed by atoms with van der Waals surface area (Å²) in [5.74, 6) is -1.74. The van der Waals surface area contributed by atoms with E-state index in [1.54, 1.807) is 0 Å². The fourth-order valence-corrected chi connectivity index (χ4v) is 3.23. The summed E-state index contributed by atoms with van der Waals surface area (Å²) in [4.78, 5) is 28.4. The summed E-state index contributed by atoms with van der Waals surface area (Å²) in [6.07, 6.45) is 2.56. The molecule has 1 saturated carbocycles. The van der Waals surface area contributed by atoms with Gasteiger partial charge in [-0.2, -0.15) is 0 Å². The molecule has 0 aliphatic heterocycles. The topological polar surface area (TPSA) is 133 Å². The number of halogens is 1. The second-order valence-electron chi connectivity index (χ2n) is 6.86. The van der Waals surface area contributed by atoms with Crippen LogP contribution in [0.25, 0.3) is 11.4 Å². The molecule has 11 nitrogen and oxygen atoms in total. The van der Waals surface area contributed by atoms with Crippen molar-refractivity contribution in [3.05, 3.63) is 36.0 Å². The van der Waals surface area contributed by atoms with Gasteiger partial charge >= 0.3 is 192 Å². The SMILES string of the molecule is [2H]C([2H])([2H])n1cnc(-c2cc(F)cc(Nc3cc(NC(=O)C4CC4)nnc3C(=O)[O][Zn])c2OC)n1. The molecule has 0 saturated heterocycles. The molecule has 2 aromatic heterocycles. The minimum atomic E-state index is -2.57. The summed E-state index contributed by atoms with van der Waals surface area (Å²) < 4.78 is 47.9. The summed E-state index contributed by atoms with van der Waals surface area (Å²) in [5, 5.41) is 17.1. The molecule has 1 aliphatic rings. The molecule has 2 heterocycles. The molecule has 0 radical (unpaired) electrons. The quantitative estimate of drug-likeness (QED) is 0.474. The average Bonchev–Trinajstić information content (AvgIpc) is 3.53. The van der Waals surface area contributed by atoms with E-state index in [1.807, 2.05) is 0 Å². The molecule has 1 aliphatic carbocycles. The number of rotatable bonds is 7. The van der Waals surface area contributed by atoms with Crippen molar-refractivity contribution in [2.75, 3.05) is 17.7 Å². The van der Waals surface area contributed by atoms with Gasteiger partial charge in [-0.05, 0) is 0 Å². The van der Waals surface area contributed by atoms with Gasteiger partial charge in [-0.3, -0.25) is 0 Å². The molecule has 1 fully saturated rings. The fourth-order valence-electron chi connectivity index (χ4n) is 2.95. The van der Waals surface area contributed by atoms with Crippen molar-refractivity contribution in [2.24, 2.45) is 12.9 Å². The van der Waals surface area contributed by atoms with Gasteiger partial charge in [0.25, 0.3) is 0 Å². The van der Waals surface area contributed by atoms with Crippen molar-refractivity contribution in [3.63, 3.8) is 0 Å². The Morgan fingerprint density at radius 1 is 1.28 bits per heavy atom. The summed E-state index contributed by atoms with van der Waals surface area (Å²) in [6.45, 7) is -2.57. The van der Waals surface area contributed by atoms with Gasteiger partial charge in [0.15, 0.2) is 0 Å². The van der Waals surface area contributed by atoms with Crippen LogP contribution in [-0.4, -0.2) is 43.9 Å². The van der Waals surface area contributed by atoms with Gasteiger partial charge in [-0.15, -0.1) is 0 Å². The van der Waals surface area contributed by atoms with Crippen LogP contribution in [-0.2, 0) is 34.0 Å². The van der Waals surface area contributed by atoms with Crippen molar-refractivity contribution in [2.45, 2.75) is 12.8 Å². The molecule has 13 heteroatoms. The standard InChI is InChI=1S/C19H18FN7O4.Zn/c1-27-8-21-17(26-27)11-5-10(20)6-13(16(11)31-2)22-12-7-14(23-18(28)9-3-4-9)24-25-15(12)19(29)30;/h5-9H,3-4H2,1-2H3,(H,29,30)(H2,22,23,24,28);/q;+1/p-1/i1D3;. The third-order valence-electron chi connectivity index (χ3n) is 4.58. The Hall–Kier alpha value is -3.47. The summed E-state index contributed by atoms with van der Waals surface area (Å²) in [6, 6.07) is 3.55. The Kier molecular flexibility index (Phi) is 5.07. The van der Waals surface area contributed by atoms with E-state index in [9.17, 15) is 14.0 Å². The van der Waals surface area contributed by atoms with E-state index in [2.05, 4.69) is 30.9 Å². The van der Waals surface area contributed by atoms with Crippen LogP contribution in [0.15, 0.2) is 24.5 Å². The van der Waals surface area contributed by atoms with Crippen LogP contribution >= 0.6 is 0 Å². The van der Waals surface area contributed by atoms with Crippen molar-refractivity contribution in [3.8, 4) is 17.1 Å². The van der Waals surface area contributed by atoms with Crippen molar-refractivity contribution >= 4 is 29.1 Å². The predicted octanol–water partition coefficient (Wildman–Crippen LogP) is 2.13. The number of ether oxygens (including phenoxy) is 1. The Morgan fingerprint density at radius 2 is 2.09 bits per heavy atom. The van der Waals surface area contributed by atoms with Crippen molar-refractivity contribution in [1.82, 2.24) is 25.0 Å². The molecule has 2 N–H and O–H groups in total. The molecule has 32 heavy (non-hydrogen) atoms. The molecule has 0 unspecified atom stereocenters. The zero-order valence-corrected chi connectivity index (χ0v) is 19.7. The number of methoxy groups -OCH3 is 1. The molecular formula is C19H17FN7O4Zn. The fraction of sp³-hybridized carbons (Fsp3) is 0.263. The third-order valence-corrected chi connectivity index (χ3v) is 5.13. The Morgan fingerprint density at radius 3 is 2.75 bits per heavy atom. The first kappa shape index (κ1) is 18.1. The number of aryl methyl sites for hydroxylation is 1. The van der Waals surface area contributed by atoms with Gasteiger partial charge in [0.2, 0.25) is 0 Å². The van der Waals surface area contributed by atoms with Gasteiger partial charge < -0.3 is 0 Å². The first-order chi connectivity index (χ1) is 16.6. The molecule has 0 bridgehead atoms. The second kappa shape index (κ2) is 8.95. The minimum absolute atomic E-state index is 0.0568. The molecule has 161 valence electrons. The maximum atomic E-state index is 14.6. The molecule has 1 aromatic carbocycles. The van der Waals surface area contributed by atoms with Crippen LogP contribution in [0.3, 0.4) is 0 Å². The monoisotopic (exact) mass is 493 g/mol. The van der Waals surface area contributed by atoms with Crippen molar-refractivity contribution in [1.29, 1.82) is 0 Å². The van der Waals surface area contributed by atoms with Crippen LogP contribution in [0.4, 0.5) is 21.6 Å². The Labute approximate surface area is 196 Å². The zero-order valence-electron chi connectivity index (χ0n) is 19.8. The van der Waals surface area contributed by atoms with E-state index in [1.165, 1.54) is 13.2 Å². The van der Waals surface area contributed by atoms with E-state index < -0.39 is 18.8 Å². The normalized spacial score (nSPS) is 14.7. The van der Waals surface area contributed by atoms with E-state index in [0.717, 1.165) is 31.3 Å². The maximum absolute atomic E-state index is 14.6.